The molecule has 2 fully saturated rings. The Hall–Kier alpha value is -3.98. The predicted molar refractivity (Wildman–Crippen MR) is 137 cm³/mol. The lowest BCUT2D eigenvalue weighted by atomic mass is 9.62. The molecule has 2 aliphatic rings. The van der Waals surface area contributed by atoms with E-state index in [1.807, 2.05) is 109 Å². The molecule has 0 aromatic heterocycles. The minimum Gasteiger partial charge on any atom is -0.345 e. The fraction of sp³-hybridized carbons (Fsp3) is 0.188. The van der Waals surface area contributed by atoms with Crippen LogP contribution in [0.15, 0.2) is 121 Å². The standard InChI is InChI=1S/C32H27NO2/c1-30-28(22-27(34)23-14-6-2-7-15-23)32(30,26-20-12-5-13-21-26)33-29(35)31(30,24-16-8-3-9-17-24)25-18-10-4-11-19-25/h2-21,28H,22H2,1H3,(H,33,35)/t28-,30+,32+/m0/s1. The van der Waals surface area contributed by atoms with Crippen LogP contribution in [-0.4, -0.2) is 11.7 Å². The molecule has 1 aliphatic carbocycles. The zero-order chi connectivity index (χ0) is 24.1. The molecule has 6 rings (SSSR count). The van der Waals surface area contributed by atoms with E-state index >= 15 is 0 Å². The summed E-state index contributed by atoms with van der Waals surface area (Å²) < 4.78 is 0. The number of Topliss-reactive ketones (excluding diaryl/α,β-unsaturated/α-hetero) is 1. The van der Waals surface area contributed by atoms with Crippen LogP contribution in [0, 0.1) is 11.3 Å². The van der Waals surface area contributed by atoms with E-state index in [-0.39, 0.29) is 17.6 Å². The van der Waals surface area contributed by atoms with E-state index in [4.69, 9.17) is 0 Å². The molecule has 3 heteroatoms. The molecule has 0 radical (unpaired) electrons. The molecule has 0 unspecified atom stereocenters. The van der Waals surface area contributed by atoms with Gasteiger partial charge in [0.1, 0.15) is 5.41 Å². The number of rotatable bonds is 6. The molecule has 1 amide bonds. The first-order chi connectivity index (χ1) is 17.1. The Morgan fingerprint density at radius 1 is 0.686 bits per heavy atom. The zero-order valence-electron chi connectivity index (χ0n) is 19.6. The summed E-state index contributed by atoms with van der Waals surface area (Å²) in [4.78, 5) is 27.7. The van der Waals surface area contributed by atoms with Crippen LogP contribution in [0.25, 0.3) is 0 Å². The zero-order valence-corrected chi connectivity index (χ0v) is 19.6. The van der Waals surface area contributed by atoms with Crippen LogP contribution < -0.4 is 5.32 Å². The maximum Gasteiger partial charge on any atom is 0.236 e. The summed E-state index contributed by atoms with van der Waals surface area (Å²) in [6.07, 6.45) is 0.358. The first-order valence-electron chi connectivity index (χ1n) is 12.1. The Balaban J connectivity index is 1.58. The largest absolute Gasteiger partial charge is 0.345 e. The van der Waals surface area contributed by atoms with Gasteiger partial charge in [-0.3, -0.25) is 9.59 Å². The quantitative estimate of drug-likeness (QED) is 0.366. The molecule has 1 heterocycles. The summed E-state index contributed by atoms with van der Waals surface area (Å²) in [5, 5.41) is 3.46. The molecular weight excluding hydrogens is 430 g/mol. The van der Waals surface area contributed by atoms with Gasteiger partial charge in [-0.2, -0.15) is 0 Å². The van der Waals surface area contributed by atoms with E-state index < -0.39 is 16.4 Å². The Morgan fingerprint density at radius 3 is 1.60 bits per heavy atom. The predicted octanol–water partition coefficient (Wildman–Crippen LogP) is 5.91. The number of amides is 1. The molecule has 4 aromatic rings. The second kappa shape index (κ2) is 7.78. The lowest BCUT2D eigenvalue weighted by Crippen LogP contribution is -2.46. The molecule has 172 valence electrons. The van der Waals surface area contributed by atoms with Crippen LogP contribution in [0.2, 0.25) is 0 Å². The number of ketones is 1. The van der Waals surface area contributed by atoms with Gasteiger partial charge in [0.2, 0.25) is 5.91 Å². The lowest BCUT2D eigenvalue weighted by Gasteiger charge is -2.36. The number of carbonyl (C=O) groups excluding carboxylic acids is 2. The highest BCUT2D eigenvalue weighted by atomic mass is 16.2. The smallest absolute Gasteiger partial charge is 0.236 e. The van der Waals surface area contributed by atoms with Crippen LogP contribution in [0.5, 0.6) is 0 Å². The monoisotopic (exact) mass is 457 g/mol. The van der Waals surface area contributed by atoms with Gasteiger partial charge in [-0.05, 0) is 16.7 Å². The highest BCUT2D eigenvalue weighted by Gasteiger charge is 2.88. The second-order valence-electron chi connectivity index (χ2n) is 9.86. The van der Waals surface area contributed by atoms with Gasteiger partial charge in [-0.25, -0.2) is 0 Å². The van der Waals surface area contributed by atoms with Crippen molar-refractivity contribution in [2.45, 2.75) is 24.3 Å². The number of hydrogen-bond acceptors (Lipinski definition) is 2. The molecule has 3 atom stereocenters. The summed E-state index contributed by atoms with van der Waals surface area (Å²) in [6, 6.07) is 39.8. The average Bonchev–Trinajstić information content (AvgIpc) is 3.33. The maximum atomic E-state index is 14.2. The van der Waals surface area contributed by atoms with Crippen molar-refractivity contribution in [1.82, 2.24) is 5.32 Å². The van der Waals surface area contributed by atoms with Gasteiger partial charge in [0.15, 0.2) is 5.78 Å². The van der Waals surface area contributed by atoms with E-state index in [0.29, 0.717) is 12.0 Å². The summed E-state index contributed by atoms with van der Waals surface area (Å²) in [5.74, 6) is 0.0266. The Morgan fingerprint density at radius 2 is 1.11 bits per heavy atom. The van der Waals surface area contributed by atoms with Gasteiger partial charge in [-0.15, -0.1) is 0 Å². The van der Waals surface area contributed by atoms with Gasteiger partial charge in [-0.1, -0.05) is 128 Å². The first-order valence-corrected chi connectivity index (χ1v) is 12.1. The highest BCUT2D eigenvalue weighted by molar-refractivity contribution is 6.02. The van der Waals surface area contributed by atoms with Crippen molar-refractivity contribution in [2.24, 2.45) is 11.3 Å². The average molecular weight is 458 g/mol. The molecule has 35 heavy (non-hydrogen) atoms. The molecule has 1 aliphatic heterocycles. The van der Waals surface area contributed by atoms with Crippen LogP contribution >= 0.6 is 0 Å². The summed E-state index contributed by atoms with van der Waals surface area (Å²) in [5.41, 5.74) is 1.56. The molecule has 0 bridgehead atoms. The lowest BCUT2D eigenvalue weighted by molar-refractivity contribution is -0.125. The van der Waals surface area contributed by atoms with Crippen molar-refractivity contribution in [3.05, 3.63) is 144 Å². The van der Waals surface area contributed by atoms with Crippen molar-refractivity contribution >= 4 is 11.7 Å². The van der Waals surface area contributed by atoms with Crippen LogP contribution in [0.1, 0.15) is 40.4 Å². The first kappa shape index (κ1) is 21.5. The van der Waals surface area contributed by atoms with E-state index in [2.05, 4.69) is 24.4 Å². The van der Waals surface area contributed by atoms with Crippen molar-refractivity contribution in [3.8, 4) is 0 Å². The number of hydrogen-bond donors (Lipinski definition) is 1. The molecule has 1 saturated carbocycles. The highest BCUT2D eigenvalue weighted by Crippen LogP contribution is 2.81. The van der Waals surface area contributed by atoms with E-state index in [1.165, 1.54) is 0 Å². The molecule has 3 nitrogen and oxygen atoms in total. The minimum absolute atomic E-state index is 0.00957. The molecule has 1 saturated heterocycles. The van der Waals surface area contributed by atoms with Crippen molar-refractivity contribution in [3.63, 3.8) is 0 Å². The summed E-state index contributed by atoms with van der Waals surface area (Å²) >= 11 is 0. The normalized spacial score (nSPS) is 26.0. The number of benzene rings is 4. The Labute approximate surface area is 205 Å². The second-order valence-corrected chi connectivity index (χ2v) is 9.86. The van der Waals surface area contributed by atoms with Gasteiger partial charge in [0, 0.05) is 23.3 Å². The Bertz CT molecular complexity index is 1350. The molecule has 0 spiro atoms. The van der Waals surface area contributed by atoms with Gasteiger partial charge >= 0.3 is 0 Å². The van der Waals surface area contributed by atoms with Crippen molar-refractivity contribution < 1.29 is 9.59 Å². The fourth-order valence-electron chi connectivity index (χ4n) is 6.96. The van der Waals surface area contributed by atoms with E-state index in [0.717, 1.165) is 16.7 Å². The number of nitrogens with one attached hydrogen (secondary N) is 1. The van der Waals surface area contributed by atoms with Crippen LogP contribution in [0.4, 0.5) is 0 Å². The summed E-state index contributed by atoms with van der Waals surface area (Å²) in [6.45, 7) is 2.20. The van der Waals surface area contributed by atoms with Crippen LogP contribution in [-0.2, 0) is 15.7 Å². The minimum atomic E-state index is -0.924. The van der Waals surface area contributed by atoms with E-state index in [9.17, 15) is 9.59 Å². The molecule has 1 N–H and O–H groups in total. The third-order valence-electron chi connectivity index (χ3n) is 8.51. The molecular formula is C32H27NO2. The van der Waals surface area contributed by atoms with Crippen molar-refractivity contribution in [2.75, 3.05) is 0 Å². The maximum absolute atomic E-state index is 14.2. The van der Waals surface area contributed by atoms with Crippen LogP contribution in [0.3, 0.4) is 0 Å². The third kappa shape index (κ3) is 2.72. The molecule has 4 aromatic carbocycles. The van der Waals surface area contributed by atoms with Crippen molar-refractivity contribution in [1.29, 1.82) is 0 Å². The summed E-state index contributed by atoms with van der Waals surface area (Å²) in [7, 11) is 0. The number of piperidine rings is 1. The third-order valence-corrected chi connectivity index (χ3v) is 8.51. The Kier molecular flexibility index (Phi) is 4.79. The number of carbonyl (C=O) groups is 2. The van der Waals surface area contributed by atoms with Gasteiger partial charge in [0.25, 0.3) is 0 Å². The SMILES string of the molecule is C[C@]12[C@H](CC(=O)c3ccccc3)[C@@]1(c1ccccc1)NC(=O)C2(c1ccccc1)c1ccccc1. The topological polar surface area (TPSA) is 46.2 Å². The fourth-order valence-corrected chi connectivity index (χ4v) is 6.96. The van der Waals surface area contributed by atoms with E-state index in [1.54, 1.807) is 0 Å². The van der Waals surface area contributed by atoms with Gasteiger partial charge in [0.05, 0.1) is 5.54 Å². The number of fused-ring (bicyclic) bond motifs is 1. The van der Waals surface area contributed by atoms with Gasteiger partial charge < -0.3 is 5.32 Å².